The third-order valence-corrected chi connectivity index (χ3v) is 4.48. The summed E-state index contributed by atoms with van der Waals surface area (Å²) in [4.78, 5) is 0. The molecule has 22 heavy (non-hydrogen) atoms. The van der Waals surface area contributed by atoms with E-state index in [4.69, 9.17) is 4.74 Å². The van der Waals surface area contributed by atoms with Crippen LogP contribution in [0, 0.1) is 0 Å². The Morgan fingerprint density at radius 2 is 1.86 bits per heavy atom. The largest absolute Gasteiger partial charge is 0.492 e. The Hall–Kier alpha value is -0.840. The SMILES string of the molecule is CCCOc1c(Br)cc(Br)cc1CNC(C)c1ccccc1. The Labute approximate surface area is 149 Å². The summed E-state index contributed by atoms with van der Waals surface area (Å²) in [7, 11) is 0. The van der Waals surface area contributed by atoms with Crippen LogP contribution in [0.3, 0.4) is 0 Å². The van der Waals surface area contributed by atoms with E-state index in [-0.39, 0.29) is 6.04 Å². The Balaban J connectivity index is 2.11. The third kappa shape index (κ3) is 4.83. The monoisotopic (exact) mass is 425 g/mol. The number of nitrogens with one attached hydrogen (secondary N) is 1. The van der Waals surface area contributed by atoms with E-state index >= 15 is 0 Å². The van der Waals surface area contributed by atoms with Crippen LogP contribution in [0.2, 0.25) is 0 Å². The second-order valence-corrected chi connectivity index (χ2v) is 7.01. The summed E-state index contributed by atoms with van der Waals surface area (Å²) < 4.78 is 7.94. The highest BCUT2D eigenvalue weighted by atomic mass is 79.9. The minimum Gasteiger partial charge on any atom is -0.492 e. The molecule has 118 valence electrons. The number of rotatable bonds is 7. The summed E-state index contributed by atoms with van der Waals surface area (Å²) in [5.74, 6) is 0.929. The predicted octanol–water partition coefficient (Wildman–Crippen LogP) is 5.85. The van der Waals surface area contributed by atoms with Gasteiger partial charge in [-0.25, -0.2) is 0 Å². The molecule has 1 atom stereocenters. The Morgan fingerprint density at radius 1 is 1.14 bits per heavy atom. The van der Waals surface area contributed by atoms with Gasteiger partial charge in [0.15, 0.2) is 0 Å². The fraction of sp³-hybridized carbons (Fsp3) is 0.333. The molecule has 0 fully saturated rings. The fourth-order valence-corrected chi connectivity index (χ4v) is 3.66. The second-order valence-electron chi connectivity index (χ2n) is 5.24. The summed E-state index contributed by atoms with van der Waals surface area (Å²) in [6, 6.07) is 14.9. The van der Waals surface area contributed by atoms with Crippen molar-refractivity contribution in [1.82, 2.24) is 5.32 Å². The van der Waals surface area contributed by atoms with Gasteiger partial charge in [-0.15, -0.1) is 0 Å². The van der Waals surface area contributed by atoms with Crippen molar-refractivity contribution in [1.29, 1.82) is 0 Å². The molecule has 0 radical (unpaired) electrons. The molecule has 2 rings (SSSR count). The van der Waals surface area contributed by atoms with Crippen molar-refractivity contribution in [3.63, 3.8) is 0 Å². The van der Waals surface area contributed by atoms with Crippen molar-refractivity contribution in [2.75, 3.05) is 6.61 Å². The molecule has 0 saturated heterocycles. The molecule has 0 amide bonds. The number of halogens is 2. The molecule has 0 aromatic heterocycles. The molecule has 0 spiro atoms. The molecular formula is C18H21Br2NO. The van der Waals surface area contributed by atoms with E-state index in [0.717, 1.165) is 39.8 Å². The molecule has 0 aliphatic heterocycles. The molecular weight excluding hydrogens is 406 g/mol. The minimum absolute atomic E-state index is 0.290. The van der Waals surface area contributed by atoms with Crippen LogP contribution in [0.1, 0.15) is 37.4 Å². The highest BCUT2D eigenvalue weighted by Gasteiger charge is 2.12. The zero-order chi connectivity index (χ0) is 15.9. The Kier molecular flexibility index (Phi) is 6.93. The van der Waals surface area contributed by atoms with Crippen molar-refractivity contribution in [2.24, 2.45) is 0 Å². The lowest BCUT2D eigenvalue weighted by molar-refractivity contribution is 0.311. The Morgan fingerprint density at radius 3 is 2.55 bits per heavy atom. The predicted molar refractivity (Wildman–Crippen MR) is 99.3 cm³/mol. The van der Waals surface area contributed by atoms with E-state index in [1.807, 2.05) is 12.1 Å². The summed E-state index contributed by atoms with van der Waals surface area (Å²) in [6.07, 6.45) is 0.996. The fourth-order valence-electron chi connectivity index (χ4n) is 2.23. The van der Waals surface area contributed by atoms with Gasteiger partial charge in [-0.05, 0) is 47.0 Å². The van der Waals surface area contributed by atoms with Crippen molar-refractivity contribution in [3.05, 3.63) is 62.5 Å². The number of ether oxygens (including phenoxy) is 1. The molecule has 4 heteroatoms. The van der Waals surface area contributed by atoms with E-state index in [0.29, 0.717) is 0 Å². The molecule has 2 aromatic rings. The van der Waals surface area contributed by atoms with Gasteiger partial charge in [-0.3, -0.25) is 0 Å². The van der Waals surface area contributed by atoms with Crippen molar-refractivity contribution >= 4 is 31.9 Å². The maximum Gasteiger partial charge on any atom is 0.138 e. The molecule has 0 aliphatic rings. The maximum atomic E-state index is 5.90. The molecule has 1 unspecified atom stereocenters. The van der Waals surface area contributed by atoms with Gasteiger partial charge in [0.25, 0.3) is 0 Å². The van der Waals surface area contributed by atoms with Crippen LogP contribution in [0.5, 0.6) is 5.75 Å². The third-order valence-electron chi connectivity index (χ3n) is 3.43. The number of hydrogen-bond acceptors (Lipinski definition) is 2. The molecule has 2 nitrogen and oxygen atoms in total. The smallest absolute Gasteiger partial charge is 0.138 e. The zero-order valence-corrected chi connectivity index (χ0v) is 16.1. The highest BCUT2D eigenvalue weighted by molar-refractivity contribution is 9.11. The van der Waals surface area contributed by atoms with Gasteiger partial charge in [0.2, 0.25) is 0 Å². The van der Waals surface area contributed by atoms with E-state index in [1.54, 1.807) is 0 Å². The van der Waals surface area contributed by atoms with E-state index in [1.165, 1.54) is 5.56 Å². The minimum atomic E-state index is 0.290. The molecule has 0 saturated carbocycles. The second kappa shape index (κ2) is 8.70. The highest BCUT2D eigenvalue weighted by Crippen LogP contribution is 2.33. The van der Waals surface area contributed by atoms with Gasteiger partial charge < -0.3 is 10.1 Å². The summed E-state index contributed by atoms with van der Waals surface area (Å²) in [5.41, 5.74) is 2.44. The first-order valence-electron chi connectivity index (χ1n) is 7.51. The van der Waals surface area contributed by atoms with Gasteiger partial charge in [0, 0.05) is 22.6 Å². The summed E-state index contributed by atoms with van der Waals surface area (Å²) in [5, 5.41) is 3.56. The molecule has 0 bridgehead atoms. The van der Waals surface area contributed by atoms with Crippen molar-refractivity contribution in [3.8, 4) is 5.75 Å². The standard InChI is InChI=1S/C18H21Br2NO/c1-3-9-22-18-15(10-16(19)11-17(18)20)12-21-13(2)14-7-5-4-6-8-14/h4-8,10-11,13,21H,3,9,12H2,1-2H3. The molecule has 0 heterocycles. The van der Waals surface area contributed by atoms with Crippen LogP contribution in [-0.2, 0) is 6.54 Å². The van der Waals surface area contributed by atoms with Crippen LogP contribution >= 0.6 is 31.9 Å². The van der Waals surface area contributed by atoms with Crippen LogP contribution in [0.15, 0.2) is 51.4 Å². The van der Waals surface area contributed by atoms with Crippen LogP contribution in [-0.4, -0.2) is 6.61 Å². The van der Waals surface area contributed by atoms with Crippen LogP contribution in [0.4, 0.5) is 0 Å². The van der Waals surface area contributed by atoms with Gasteiger partial charge in [0.1, 0.15) is 5.75 Å². The lowest BCUT2D eigenvalue weighted by atomic mass is 10.1. The zero-order valence-electron chi connectivity index (χ0n) is 12.9. The molecule has 0 aliphatic carbocycles. The molecule has 1 N–H and O–H groups in total. The van der Waals surface area contributed by atoms with Gasteiger partial charge in [0.05, 0.1) is 11.1 Å². The first-order valence-corrected chi connectivity index (χ1v) is 9.09. The maximum absolute atomic E-state index is 5.90. The average molecular weight is 427 g/mol. The summed E-state index contributed by atoms with van der Waals surface area (Å²) in [6.45, 7) is 5.77. The average Bonchev–Trinajstić information content (AvgIpc) is 2.52. The number of hydrogen-bond donors (Lipinski definition) is 1. The lowest BCUT2D eigenvalue weighted by Gasteiger charge is -2.18. The van der Waals surface area contributed by atoms with Crippen LogP contribution < -0.4 is 10.1 Å². The summed E-state index contributed by atoms with van der Waals surface area (Å²) >= 11 is 7.15. The lowest BCUT2D eigenvalue weighted by Crippen LogP contribution is -2.18. The first-order chi connectivity index (χ1) is 10.6. The first kappa shape index (κ1) is 17.5. The van der Waals surface area contributed by atoms with Crippen LogP contribution in [0.25, 0.3) is 0 Å². The molecule has 2 aromatic carbocycles. The van der Waals surface area contributed by atoms with Gasteiger partial charge >= 0.3 is 0 Å². The van der Waals surface area contributed by atoms with Crippen molar-refractivity contribution in [2.45, 2.75) is 32.9 Å². The van der Waals surface area contributed by atoms with E-state index < -0.39 is 0 Å². The van der Waals surface area contributed by atoms with Gasteiger partial charge in [-0.1, -0.05) is 53.2 Å². The number of benzene rings is 2. The normalized spacial score (nSPS) is 12.2. The van der Waals surface area contributed by atoms with E-state index in [2.05, 4.69) is 81.4 Å². The Bertz CT molecular complexity index is 602. The quantitative estimate of drug-likeness (QED) is 0.599. The van der Waals surface area contributed by atoms with Gasteiger partial charge in [-0.2, -0.15) is 0 Å². The van der Waals surface area contributed by atoms with Crippen molar-refractivity contribution < 1.29 is 4.74 Å². The topological polar surface area (TPSA) is 21.3 Å². The van der Waals surface area contributed by atoms with E-state index in [9.17, 15) is 0 Å².